The highest BCUT2D eigenvalue weighted by Crippen LogP contribution is 2.28. The van der Waals surface area contributed by atoms with Crippen LogP contribution in [0.1, 0.15) is 0 Å². The zero-order valence-corrected chi connectivity index (χ0v) is 5.07. The molecule has 0 aliphatic carbocycles. The molecule has 5 heteroatoms. The Hall–Kier alpha value is -0.320. The summed E-state index contributed by atoms with van der Waals surface area (Å²) in [6, 6.07) is 0. The second kappa shape index (κ2) is 2.13. The van der Waals surface area contributed by atoms with Gasteiger partial charge in [-0.05, 0) is 0 Å². The molecule has 51 valence electrons. The molecule has 0 aromatic carbocycles. The molecule has 1 heterocycles. The number of thioether (sulfide) groups is 1. The summed E-state index contributed by atoms with van der Waals surface area (Å²) < 4.78 is 34.8. The lowest BCUT2D eigenvalue weighted by atomic mass is 10.5. The summed E-state index contributed by atoms with van der Waals surface area (Å²) in [7, 11) is 0. The summed E-state index contributed by atoms with van der Waals surface area (Å²) >= 11 is 0.991. The van der Waals surface area contributed by atoms with Crippen molar-refractivity contribution in [3.63, 3.8) is 0 Å². The second-order valence-electron chi connectivity index (χ2n) is 1.44. The smallest absolute Gasteiger partial charge is 0.371 e. The van der Waals surface area contributed by atoms with Crippen molar-refractivity contribution < 1.29 is 13.2 Å². The largest absolute Gasteiger partial charge is 0.432 e. The van der Waals surface area contributed by atoms with Gasteiger partial charge in [-0.1, -0.05) is 0 Å². The lowest BCUT2D eigenvalue weighted by molar-refractivity contribution is -0.0959. The van der Waals surface area contributed by atoms with E-state index in [9.17, 15) is 13.2 Å². The average molecular weight is 154 g/mol. The molecule has 0 bridgehead atoms. The van der Waals surface area contributed by atoms with Gasteiger partial charge in [0.2, 0.25) is 0 Å². The van der Waals surface area contributed by atoms with Crippen LogP contribution in [0, 0.1) is 5.41 Å². The van der Waals surface area contributed by atoms with Crippen LogP contribution >= 0.6 is 11.8 Å². The first-order valence-corrected chi connectivity index (χ1v) is 3.15. The maximum Gasteiger partial charge on any atom is 0.432 e. The number of halogens is 3. The molecule has 1 aliphatic rings. The van der Waals surface area contributed by atoms with Crippen LogP contribution in [0.5, 0.6) is 0 Å². The minimum absolute atomic E-state index is 0.273. The summed E-state index contributed by atoms with van der Waals surface area (Å²) in [5.41, 5.74) is -0.757. The fraction of sp³-hybridized carbons (Fsp3) is 0.500. The van der Waals surface area contributed by atoms with E-state index >= 15 is 0 Å². The van der Waals surface area contributed by atoms with Crippen LogP contribution in [0.4, 0.5) is 13.2 Å². The molecule has 0 unspecified atom stereocenters. The average Bonchev–Trinajstić information content (AvgIpc) is 2.08. The molecule has 1 aliphatic heterocycles. The number of alkyl halides is 3. The van der Waals surface area contributed by atoms with Crippen LogP contribution in [-0.4, -0.2) is 12.1 Å². The lowest BCUT2D eigenvalue weighted by Gasteiger charge is -2.05. The first-order valence-electron chi connectivity index (χ1n) is 2.16. The van der Waals surface area contributed by atoms with Crippen LogP contribution in [0.2, 0.25) is 0 Å². The van der Waals surface area contributed by atoms with Crippen molar-refractivity contribution in [3.8, 4) is 0 Å². The Morgan fingerprint density at radius 1 is 1.56 bits per heavy atom. The molecule has 0 amide bonds. The number of hydrogen-bond donors (Lipinski definition) is 1. The molecule has 1 nitrogen and oxygen atoms in total. The van der Waals surface area contributed by atoms with Crippen LogP contribution in [0.3, 0.4) is 0 Å². The third-order valence-corrected chi connectivity index (χ3v) is 1.42. The van der Waals surface area contributed by atoms with Gasteiger partial charge in [0.25, 0.3) is 0 Å². The molecule has 0 saturated heterocycles. The monoisotopic (exact) mass is 154 g/mol. The molecular weight excluding hydrogens is 151 g/mol. The fourth-order valence-corrected chi connectivity index (χ4v) is 1.03. The molecule has 9 heavy (non-hydrogen) atoms. The number of nitrogens with one attached hydrogen (secondary N) is 1. The van der Waals surface area contributed by atoms with Crippen LogP contribution in [0.15, 0.2) is 5.70 Å². The van der Waals surface area contributed by atoms with E-state index in [2.05, 4.69) is 10.7 Å². The molecule has 0 fully saturated rings. The maximum atomic E-state index is 11.6. The van der Waals surface area contributed by atoms with E-state index in [-0.39, 0.29) is 5.88 Å². The summed E-state index contributed by atoms with van der Waals surface area (Å²) in [6.45, 7) is 0. The van der Waals surface area contributed by atoms with Crippen molar-refractivity contribution in [1.29, 1.82) is 0 Å². The van der Waals surface area contributed by atoms with Crippen LogP contribution in [0.25, 0.3) is 0 Å². The molecule has 1 N–H and O–H groups in total. The highest BCUT2D eigenvalue weighted by molar-refractivity contribution is 8.01. The van der Waals surface area contributed by atoms with E-state index in [4.69, 9.17) is 0 Å². The van der Waals surface area contributed by atoms with Crippen molar-refractivity contribution in [3.05, 3.63) is 11.1 Å². The summed E-state index contributed by atoms with van der Waals surface area (Å²) in [5, 5.41) is 4.23. The second-order valence-corrected chi connectivity index (χ2v) is 2.22. The highest BCUT2D eigenvalue weighted by Gasteiger charge is 2.35. The first-order chi connectivity index (χ1) is 4.11. The zero-order chi connectivity index (χ0) is 6.91. The quantitative estimate of drug-likeness (QED) is 0.567. The van der Waals surface area contributed by atoms with Gasteiger partial charge in [0, 0.05) is 0 Å². The topological polar surface area (TPSA) is 12.0 Å². The zero-order valence-electron chi connectivity index (χ0n) is 4.25. The van der Waals surface area contributed by atoms with Crippen molar-refractivity contribution in [1.82, 2.24) is 5.32 Å². The minimum atomic E-state index is -4.25. The fourth-order valence-electron chi connectivity index (χ4n) is 0.411. The van der Waals surface area contributed by atoms with Crippen molar-refractivity contribution >= 4 is 11.8 Å². The van der Waals surface area contributed by atoms with Gasteiger partial charge in [0.1, 0.15) is 5.70 Å². The third kappa shape index (κ3) is 1.54. The predicted octanol–water partition coefficient (Wildman–Crippen LogP) is 1.49. The molecule has 1 rings (SSSR count). The summed E-state index contributed by atoms with van der Waals surface area (Å²) in [5.74, 6) is 0.273. The maximum absolute atomic E-state index is 11.6. The van der Waals surface area contributed by atoms with Gasteiger partial charge in [0.05, 0.1) is 11.3 Å². The Labute approximate surface area is 54.3 Å². The summed E-state index contributed by atoms with van der Waals surface area (Å²) in [6.07, 6.45) is -4.25. The Morgan fingerprint density at radius 2 is 2.22 bits per heavy atom. The molecular formula is C4H3F3NS. The van der Waals surface area contributed by atoms with Gasteiger partial charge >= 0.3 is 6.18 Å². The predicted molar refractivity (Wildman–Crippen MR) is 28.4 cm³/mol. The summed E-state index contributed by atoms with van der Waals surface area (Å²) in [4.78, 5) is 0. The van der Waals surface area contributed by atoms with Gasteiger partial charge in [-0.15, -0.1) is 11.8 Å². The van der Waals surface area contributed by atoms with Crippen LogP contribution < -0.4 is 5.32 Å². The Bertz CT molecular complexity index is 139. The lowest BCUT2D eigenvalue weighted by Crippen LogP contribution is -2.22. The number of allylic oxidation sites excluding steroid dienone is 1. The van der Waals surface area contributed by atoms with E-state index in [1.165, 1.54) is 0 Å². The van der Waals surface area contributed by atoms with E-state index in [1.54, 1.807) is 0 Å². The highest BCUT2D eigenvalue weighted by atomic mass is 32.2. The van der Waals surface area contributed by atoms with E-state index in [0.29, 0.717) is 0 Å². The molecule has 0 atom stereocenters. The van der Waals surface area contributed by atoms with E-state index in [0.717, 1.165) is 11.8 Å². The Morgan fingerprint density at radius 3 is 2.44 bits per heavy atom. The van der Waals surface area contributed by atoms with Gasteiger partial charge < -0.3 is 5.32 Å². The van der Waals surface area contributed by atoms with Crippen molar-refractivity contribution in [2.45, 2.75) is 6.18 Å². The van der Waals surface area contributed by atoms with Gasteiger partial charge in [-0.25, -0.2) is 0 Å². The normalized spacial score (nSPS) is 19.2. The molecule has 0 aromatic heterocycles. The molecule has 1 radical (unpaired) electrons. The standard InChI is InChI=1S/C4H3F3NS/c5-4(6,7)3-1-9-2-8-3/h8H,2H2. The van der Waals surface area contributed by atoms with Crippen molar-refractivity contribution in [2.75, 3.05) is 5.88 Å². The van der Waals surface area contributed by atoms with Crippen molar-refractivity contribution in [2.24, 2.45) is 0 Å². The number of hydrogen-bond acceptors (Lipinski definition) is 2. The molecule has 0 spiro atoms. The van der Waals surface area contributed by atoms with Gasteiger partial charge in [-0.2, -0.15) is 13.2 Å². The number of rotatable bonds is 0. The van der Waals surface area contributed by atoms with Gasteiger partial charge in [0.15, 0.2) is 0 Å². The Kier molecular flexibility index (Phi) is 1.61. The Balaban J connectivity index is 2.61. The SMILES string of the molecule is FC(F)(F)C1=[C]SCN1. The third-order valence-electron chi connectivity index (χ3n) is 0.779. The first kappa shape index (κ1) is 6.80. The van der Waals surface area contributed by atoms with Crippen LogP contribution in [-0.2, 0) is 0 Å². The van der Waals surface area contributed by atoms with E-state index < -0.39 is 11.9 Å². The minimum Gasteiger partial charge on any atom is -0.371 e. The molecule has 0 aromatic rings. The van der Waals surface area contributed by atoms with E-state index in [1.807, 2.05) is 0 Å². The van der Waals surface area contributed by atoms with Gasteiger partial charge in [-0.3, -0.25) is 0 Å². The molecule has 0 saturated carbocycles.